The Labute approximate surface area is 198 Å². The number of nitrogens with two attached hydrogens (primary N) is 1. The molecule has 0 spiro atoms. The second-order valence-electron chi connectivity index (χ2n) is 8.82. The maximum absolute atomic E-state index is 14.0. The highest BCUT2D eigenvalue weighted by molar-refractivity contribution is 6.07. The molecular formula is C24H23F5N4O2. The van der Waals surface area contributed by atoms with Gasteiger partial charge in [-0.05, 0) is 54.2 Å². The van der Waals surface area contributed by atoms with E-state index in [1.54, 1.807) is 0 Å². The Morgan fingerprint density at radius 2 is 1.83 bits per heavy atom. The van der Waals surface area contributed by atoms with E-state index >= 15 is 0 Å². The summed E-state index contributed by atoms with van der Waals surface area (Å²) in [5.41, 5.74) is 2.90. The normalized spacial score (nSPS) is 20.2. The highest BCUT2D eigenvalue weighted by atomic mass is 19.4. The summed E-state index contributed by atoms with van der Waals surface area (Å²) in [5.74, 6) is -3.16. The second kappa shape index (κ2) is 8.94. The lowest BCUT2D eigenvalue weighted by molar-refractivity contribution is -0.138. The van der Waals surface area contributed by atoms with Crippen LogP contribution in [0.4, 0.5) is 22.0 Å². The van der Waals surface area contributed by atoms with Crippen molar-refractivity contribution in [3.8, 4) is 0 Å². The van der Waals surface area contributed by atoms with Crippen LogP contribution in [0.1, 0.15) is 52.7 Å². The van der Waals surface area contributed by atoms with E-state index in [1.807, 2.05) is 0 Å². The van der Waals surface area contributed by atoms with Gasteiger partial charge in [-0.1, -0.05) is 18.9 Å². The number of guanidine groups is 1. The van der Waals surface area contributed by atoms with Crippen LogP contribution in [-0.4, -0.2) is 29.7 Å². The van der Waals surface area contributed by atoms with E-state index in [2.05, 4.69) is 10.3 Å². The molecular weight excluding hydrogens is 471 g/mol. The van der Waals surface area contributed by atoms with Crippen molar-refractivity contribution >= 4 is 17.8 Å². The van der Waals surface area contributed by atoms with Gasteiger partial charge in [-0.25, -0.2) is 13.8 Å². The van der Waals surface area contributed by atoms with Crippen LogP contribution in [0.15, 0.2) is 41.4 Å². The first kappa shape index (κ1) is 24.6. The van der Waals surface area contributed by atoms with Crippen molar-refractivity contribution in [2.75, 3.05) is 7.05 Å². The molecule has 1 fully saturated rings. The number of hydrogen-bond acceptors (Lipinski definition) is 4. The molecule has 0 saturated heterocycles. The van der Waals surface area contributed by atoms with E-state index in [9.17, 15) is 31.5 Å². The number of rotatable bonds is 7. The lowest BCUT2D eigenvalue weighted by Gasteiger charge is -2.27. The Morgan fingerprint density at radius 3 is 2.40 bits per heavy atom. The maximum atomic E-state index is 14.0. The summed E-state index contributed by atoms with van der Waals surface area (Å²) in [6.07, 6.45) is -2.02. The molecule has 1 atom stereocenters. The Bertz CT molecular complexity index is 1190. The topological polar surface area (TPSA) is 87.8 Å². The molecule has 3 N–H and O–H groups in total. The smallest absolute Gasteiger partial charge is 0.369 e. The van der Waals surface area contributed by atoms with Crippen molar-refractivity contribution < 1.29 is 31.5 Å². The van der Waals surface area contributed by atoms with Crippen LogP contribution >= 0.6 is 0 Å². The van der Waals surface area contributed by atoms with Crippen LogP contribution in [0.3, 0.4) is 0 Å². The lowest BCUT2D eigenvalue weighted by Crippen LogP contribution is -2.42. The molecule has 1 heterocycles. The van der Waals surface area contributed by atoms with Crippen molar-refractivity contribution in [3.63, 3.8) is 0 Å². The zero-order chi connectivity index (χ0) is 25.5. The number of aliphatic imine (C=N–C) groups is 1. The van der Waals surface area contributed by atoms with Gasteiger partial charge in [-0.2, -0.15) is 13.2 Å². The molecule has 2 amide bonds. The number of carbonyl (C=O) groups excluding carboxylic acids is 2. The average molecular weight is 494 g/mol. The zero-order valence-corrected chi connectivity index (χ0v) is 18.8. The fraction of sp³-hybridized carbons (Fsp3) is 0.375. The molecule has 0 radical (unpaired) electrons. The van der Waals surface area contributed by atoms with Gasteiger partial charge in [0.15, 0.2) is 11.5 Å². The summed E-state index contributed by atoms with van der Waals surface area (Å²) in [7, 11) is 1.20. The summed E-state index contributed by atoms with van der Waals surface area (Å²) in [6.45, 7) is -0.278. The van der Waals surface area contributed by atoms with E-state index in [-0.39, 0.29) is 30.1 Å². The number of halogens is 5. The first-order chi connectivity index (χ1) is 16.4. The molecule has 2 aromatic rings. The summed E-state index contributed by atoms with van der Waals surface area (Å²) >= 11 is 0. The SMILES string of the molecule is CNC(=O)c1cc(CN2C(=O)C(CCC3CC3)(c3cc(F)cc(F)c3)N=C2N)ccc1C(F)(F)F. The molecule has 4 rings (SSSR count). The van der Waals surface area contributed by atoms with Gasteiger partial charge in [0.1, 0.15) is 11.6 Å². The van der Waals surface area contributed by atoms with Crippen LogP contribution in [0.2, 0.25) is 0 Å². The van der Waals surface area contributed by atoms with Crippen molar-refractivity contribution in [1.29, 1.82) is 0 Å². The Kier molecular flexibility index (Phi) is 6.29. The van der Waals surface area contributed by atoms with Gasteiger partial charge in [0.2, 0.25) is 0 Å². The molecule has 1 unspecified atom stereocenters. The fourth-order valence-electron chi connectivity index (χ4n) is 4.33. The first-order valence-electron chi connectivity index (χ1n) is 11.0. The molecule has 0 aromatic heterocycles. The standard InChI is InChI=1S/C24H23F5N4O2/c1-31-20(34)18-8-14(4-5-19(18)24(27,28)29)12-33-21(35)23(32-22(33)30,7-6-13-2-3-13)15-9-16(25)11-17(26)10-15/h4-5,8-11,13H,2-3,6-7,12H2,1H3,(H2,30,32)(H,31,34). The molecule has 186 valence electrons. The molecule has 1 aliphatic heterocycles. The molecule has 0 bridgehead atoms. The number of alkyl halides is 3. The molecule has 2 aromatic carbocycles. The van der Waals surface area contributed by atoms with Gasteiger partial charge in [0.25, 0.3) is 11.8 Å². The predicted octanol–water partition coefficient (Wildman–Crippen LogP) is 4.09. The number of hydrogen-bond donors (Lipinski definition) is 2. The average Bonchev–Trinajstić information content (AvgIpc) is 3.58. The van der Waals surface area contributed by atoms with Gasteiger partial charge in [0, 0.05) is 13.1 Å². The van der Waals surface area contributed by atoms with Crippen LogP contribution < -0.4 is 11.1 Å². The minimum Gasteiger partial charge on any atom is -0.369 e. The third-order valence-electron chi connectivity index (χ3n) is 6.33. The van der Waals surface area contributed by atoms with Crippen molar-refractivity contribution in [3.05, 3.63) is 70.3 Å². The molecule has 35 heavy (non-hydrogen) atoms. The number of benzene rings is 2. The van der Waals surface area contributed by atoms with E-state index in [1.165, 1.54) is 7.05 Å². The molecule has 11 heteroatoms. The second-order valence-corrected chi connectivity index (χ2v) is 8.82. The molecule has 6 nitrogen and oxygen atoms in total. The molecule has 1 aliphatic carbocycles. The zero-order valence-electron chi connectivity index (χ0n) is 18.8. The Morgan fingerprint density at radius 1 is 1.17 bits per heavy atom. The van der Waals surface area contributed by atoms with E-state index in [4.69, 9.17) is 5.73 Å². The minimum absolute atomic E-state index is 0.0181. The minimum atomic E-state index is -4.76. The summed E-state index contributed by atoms with van der Waals surface area (Å²) in [4.78, 5) is 31.1. The maximum Gasteiger partial charge on any atom is 0.417 e. The fourth-order valence-corrected chi connectivity index (χ4v) is 4.33. The van der Waals surface area contributed by atoms with Crippen LogP contribution in [0.25, 0.3) is 0 Å². The van der Waals surface area contributed by atoms with E-state index in [0.717, 1.165) is 48.1 Å². The summed E-state index contributed by atoms with van der Waals surface area (Å²) in [5, 5.41) is 2.17. The van der Waals surface area contributed by atoms with E-state index < -0.39 is 46.3 Å². The van der Waals surface area contributed by atoms with Crippen LogP contribution in [0, 0.1) is 17.6 Å². The Hall–Kier alpha value is -3.50. The van der Waals surface area contributed by atoms with Crippen LogP contribution in [0.5, 0.6) is 0 Å². The van der Waals surface area contributed by atoms with E-state index in [0.29, 0.717) is 18.4 Å². The first-order valence-corrected chi connectivity index (χ1v) is 11.0. The summed E-state index contributed by atoms with van der Waals surface area (Å²) in [6, 6.07) is 5.70. The van der Waals surface area contributed by atoms with Crippen molar-refractivity contribution in [2.45, 2.75) is 43.9 Å². The lowest BCUT2D eigenvalue weighted by atomic mass is 9.84. The van der Waals surface area contributed by atoms with Gasteiger partial charge in [-0.3, -0.25) is 14.5 Å². The predicted molar refractivity (Wildman–Crippen MR) is 117 cm³/mol. The Balaban J connectivity index is 1.70. The molecule has 2 aliphatic rings. The van der Waals surface area contributed by atoms with Gasteiger partial charge < -0.3 is 11.1 Å². The monoisotopic (exact) mass is 494 g/mol. The third-order valence-corrected chi connectivity index (χ3v) is 6.33. The number of carbonyl (C=O) groups is 2. The van der Waals surface area contributed by atoms with Crippen LogP contribution in [-0.2, 0) is 23.1 Å². The highest BCUT2D eigenvalue weighted by Gasteiger charge is 2.50. The summed E-state index contributed by atoms with van der Waals surface area (Å²) < 4.78 is 68.2. The molecule has 1 saturated carbocycles. The number of amides is 2. The van der Waals surface area contributed by atoms with Gasteiger partial charge in [0.05, 0.1) is 17.7 Å². The van der Waals surface area contributed by atoms with Crippen molar-refractivity contribution in [2.24, 2.45) is 16.6 Å². The van der Waals surface area contributed by atoms with Gasteiger partial charge in [-0.15, -0.1) is 0 Å². The largest absolute Gasteiger partial charge is 0.417 e. The number of nitrogens with one attached hydrogen (secondary N) is 1. The van der Waals surface area contributed by atoms with Gasteiger partial charge >= 0.3 is 6.18 Å². The third kappa shape index (κ3) is 4.85. The highest BCUT2D eigenvalue weighted by Crippen LogP contribution is 2.43. The number of nitrogens with zero attached hydrogens (tertiary/aromatic N) is 2. The van der Waals surface area contributed by atoms with Crippen molar-refractivity contribution in [1.82, 2.24) is 10.2 Å². The quantitative estimate of drug-likeness (QED) is 0.569.